The highest BCUT2D eigenvalue weighted by atomic mass is 19.1. The number of nitrogens with one attached hydrogen (secondary N) is 1. The number of nitrogens with zero attached hydrogens (tertiary/aromatic N) is 5. The third-order valence-corrected chi connectivity index (χ3v) is 4.83. The fourth-order valence-corrected chi connectivity index (χ4v) is 3.42. The molecule has 1 aliphatic rings. The van der Waals surface area contributed by atoms with Crippen molar-refractivity contribution in [1.29, 1.82) is 0 Å². The Hall–Kier alpha value is -3.20. The van der Waals surface area contributed by atoms with Gasteiger partial charge in [-0.15, -0.1) is 10.2 Å². The van der Waals surface area contributed by atoms with Gasteiger partial charge in [0.25, 0.3) is 5.91 Å². The SMILES string of the molecule is O=C(NCc1nnc2n1CCN(Cc1cc(F)cc(F)c1)CC2)c1ccccn1. The van der Waals surface area contributed by atoms with E-state index < -0.39 is 11.6 Å². The maximum absolute atomic E-state index is 13.4. The molecule has 0 fully saturated rings. The van der Waals surface area contributed by atoms with Gasteiger partial charge in [-0.05, 0) is 29.8 Å². The normalized spacial score (nSPS) is 14.3. The number of carbonyl (C=O) groups is 1. The van der Waals surface area contributed by atoms with Crippen molar-refractivity contribution in [1.82, 2.24) is 30.0 Å². The molecule has 0 spiro atoms. The van der Waals surface area contributed by atoms with E-state index in [4.69, 9.17) is 0 Å². The molecule has 1 N–H and O–H groups in total. The minimum Gasteiger partial charge on any atom is -0.343 e. The minimum atomic E-state index is -0.571. The van der Waals surface area contributed by atoms with Gasteiger partial charge in [0.15, 0.2) is 5.82 Å². The van der Waals surface area contributed by atoms with Crippen LogP contribution in [-0.4, -0.2) is 43.6 Å². The first-order chi connectivity index (χ1) is 14.1. The number of pyridine rings is 1. The number of hydrogen-bond acceptors (Lipinski definition) is 5. The van der Waals surface area contributed by atoms with Crippen molar-refractivity contribution in [3.05, 3.63) is 77.1 Å². The van der Waals surface area contributed by atoms with E-state index in [2.05, 4.69) is 25.4 Å². The molecule has 29 heavy (non-hydrogen) atoms. The fourth-order valence-electron chi connectivity index (χ4n) is 3.42. The van der Waals surface area contributed by atoms with Crippen LogP contribution >= 0.6 is 0 Å². The number of carbonyl (C=O) groups excluding carboxylic acids is 1. The summed E-state index contributed by atoms with van der Waals surface area (Å²) in [6.07, 6.45) is 2.23. The number of amides is 1. The molecule has 0 aliphatic carbocycles. The lowest BCUT2D eigenvalue weighted by molar-refractivity contribution is 0.0944. The minimum absolute atomic E-state index is 0.248. The molecule has 0 radical (unpaired) electrons. The zero-order valence-corrected chi connectivity index (χ0v) is 15.7. The Bertz CT molecular complexity index is 987. The molecule has 150 valence electrons. The van der Waals surface area contributed by atoms with Crippen LogP contribution in [0.2, 0.25) is 0 Å². The Kier molecular flexibility index (Phi) is 5.57. The predicted octanol–water partition coefficient (Wildman–Crippen LogP) is 1.94. The number of benzene rings is 1. The van der Waals surface area contributed by atoms with Gasteiger partial charge in [-0.1, -0.05) is 6.07 Å². The Labute approximate surface area is 166 Å². The molecule has 1 aromatic carbocycles. The highest BCUT2D eigenvalue weighted by Gasteiger charge is 2.19. The molecule has 7 nitrogen and oxygen atoms in total. The number of halogens is 2. The van der Waals surface area contributed by atoms with Gasteiger partial charge in [0, 0.05) is 44.9 Å². The molecule has 0 saturated heterocycles. The highest BCUT2D eigenvalue weighted by molar-refractivity contribution is 5.92. The van der Waals surface area contributed by atoms with E-state index >= 15 is 0 Å². The zero-order chi connectivity index (χ0) is 20.2. The second-order valence-electron chi connectivity index (χ2n) is 6.89. The average Bonchev–Trinajstić information content (AvgIpc) is 2.99. The molecule has 0 unspecified atom stereocenters. The van der Waals surface area contributed by atoms with Crippen molar-refractivity contribution < 1.29 is 13.6 Å². The Balaban J connectivity index is 1.38. The van der Waals surface area contributed by atoms with Crippen LogP contribution < -0.4 is 5.32 Å². The lowest BCUT2D eigenvalue weighted by atomic mass is 10.2. The van der Waals surface area contributed by atoms with Crippen LogP contribution in [0.4, 0.5) is 8.78 Å². The number of rotatable bonds is 5. The summed E-state index contributed by atoms with van der Waals surface area (Å²) in [5, 5.41) is 11.2. The number of hydrogen-bond donors (Lipinski definition) is 1. The van der Waals surface area contributed by atoms with Crippen LogP contribution in [0.5, 0.6) is 0 Å². The summed E-state index contributed by atoms with van der Waals surface area (Å²) in [4.78, 5) is 18.3. The third-order valence-electron chi connectivity index (χ3n) is 4.83. The van der Waals surface area contributed by atoms with Gasteiger partial charge in [-0.3, -0.25) is 14.7 Å². The maximum Gasteiger partial charge on any atom is 0.270 e. The summed E-state index contributed by atoms with van der Waals surface area (Å²) < 4.78 is 28.9. The van der Waals surface area contributed by atoms with E-state index in [1.54, 1.807) is 24.4 Å². The second kappa shape index (κ2) is 8.44. The van der Waals surface area contributed by atoms with E-state index in [0.717, 1.165) is 11.9 Å². The molecule has 0 atom stereocenters. The smallest absolute Gasteiger partial charge is 0.270 e. The molecule has 3 heterocycles. The van der Waals surface area contributed by atoms with Crippen LogP contribution in [0, 0.1) is 11.6 Å². The van der Waals surface area contributed by atoms with Gasteiger partial charge in [0.1, 0.15) is 23.2 Å². The van der Waals surface area contributed by atoms with E-state index in [1.807, 2.05) is 4.57 Å². The molecule has 0 bridgehead atoms. The summed E-state index contributed by atoms with van der Waals surface area (Å²) in [6.45, 7) is 2.73. The van der Waals surface area contributed by atoms with Crippen LogP contribution in [0.1, 0.15) is 27.7 Å². The van der Waals surface area contributed by atoms with E-state index in [-0.39, 0.29) is 12.5 Å². The van der Waals surface area contributed by atoms with Crippen LogP contribution in [0.3, 0.4) is 0 Å². The highest BCUT2D eigenvalue weighted by Crippen LogP contribution is 2.14. The van der Waals surface area contributed by atoms with Gasteiger partial charge < -0.3 is 9.88 Å². The Morgan fingerprint density at radius 2 is 1.90 bits per heavy atom. The van der Waals surface area contributed by atoms with E-state index in [1.165, 1.54) is 12.1 Å². The van der Waals surface area contributed by atoms with E-state index in [9.17, 15) is 13.6 Å². The van der Waals surface area contributed by atoms with Crippen molar-refractivity contribution in [2.45, 2.75) is 26.1 Å². The molecule has 1 amide bonds. The van der Waals surface area contributed by atoms with Gasteiger partial charge in [-0.2, -0.15) is 0 Å². The summed E-state index contributed by atoms with van der Waals surface area (Å²) in [7, 11) is 0. The lowest BCUT2D eigenvalue weighted by Crippen LogP contribution is -2.28. The average molecular weight is 398 g/mol. The van der Waals surface area contributed by atoms with Crippen molar-refractivity contribution >= 4 is 5.91 Å². The molecule has 9 heteroatoms. The van der Waals surface area contributed by atoms with Gasteiger partial charge in [0.05, 0.1) is 6.54 Å². The van der Waals surface area contributed by atoms with Crippen molar-refractivity contribution in [2.24, 2.45) is 0 Å². The molecule has 3 aromatic rings. The Morgan fingerprint density at radius 1 is 1.07 bits per heavy atom. The Morgan fingerprint density at radius 3 is 2.66 bits per heavy atom. The molecular weight excluding hydrogens is 378 g/mol. The first-order valence-electron chi connectivity index (χ1n) is 9.36. The monoisotopic (exact) mass is 398 g/mol. The number of fused-ring (bicyclic) bond motifs is 1. The zero-order valence-electron chi connectivity index (χ0n) is 15.7. The first kappa shape index (κ1) is 19.1. The summed E-state index contributed by atoms with van der Waals surface area (Å²) in [6, 6.07) is 8.73. The van der Waals surface area contributed by atoms with Crippen LogP contribution in [0.15, 0.2) is 42.6 Å². The largest absolute Gasteiger partial charge is 0.343 e. The predicted molar refractivity (Wildman–Crippen MR) is 101 cm³/mol. The quantitative estimate of drug-likeness (QED) is 0.711. The lowest BCUT2D eigenvalue weighted by Gasteiger charge is -2.19. The van der Waals surface area contributed by atoms with Crippen LogP contribution in [0.25, 0.3) is 0 Å². The second-order valence-corrected chi connectivity index (χ2v) is 6.89. The summed E-state index contributed by atoms with van der Waals surface area (Å²) in [5.74, 6) is 0.0880. The van der Waals surface area contributed by atoms with Gasteiger partial charge >= 0.3 is 0 Å². The van der Waals surface area contributed by atoms with Crippen molar-refractivity contribution in [2.75, 3.05) is 13.1 Å². The number of aromatic nitrogens is 4. The standard InChI is InChI=1S/C20H20F2N6O/c21-15-9-14(10-16(22)11-15)13-27-6-4-18-25-26-19(28(18)8-7-27)12-24-20(29)17-3-1-2-5-23-17/h1-3,5,9-11H,4,6-8,12-13H2,(H,24,29). The van der Waals surface area contributed by atoms with Gasteiger partial charge in [-0.25, -0.2) is 8.78 Å². The molecule has 2 aromatic heterocycles. The summed E-state index contributed by atoms with van der Waals surface area (Å²) >= 11 is 0. The van der Waals surface area contributed by atoms with Crippen molar-refractivity contribution in [3.8, 4) is 0 Å². The summed E-state index contributed by atoms with van der Waals surface area (Å²) in [5.41, 5.74) is 0.944. The fraction of sp³-hybridized carbons (Fsp3) is 0.300. The molecule has 4 rings (SSSR count). The molecular formula is C20H20F2N6O. The van der Waals surface area contributed by atoms with E-state index in [0.29, 0.717) is 49.7 Å². The third kappa shape index (κ3) is 4.62. The van der Waals surface area contributed by atoms with Gasteiger partial charge in [0.2, 0.25) is 0 Å². The van der Waals surface area contributed by atoms with Crippen molar-refractivity contribution in [3.63, 3.8) is 0 Å². The molecule has 0 saturated carbocycles. The topological polar surface area (TPSA) is 75.9 Å². The maximum atomic E-state index is 13.4. The first-order valence-corrected chi connectivity index (χ1v) is 9.36. The molecule has 1 aliphatic heterocycles. The van der Waals surface area contributed by atoms with Crippen LogP contribution in [-0.2, 0) is 26.1 Å².